The molecule has 0 saturated carbocycles. The monoisotopic (exact) mass is 326 g/mol. The van der Waals surface area contributed by atoms with Gasteiger partial charge in [0.1, 0.15) is 10.7 Å². The van der Waals surface area contributed by atoms with Crippen LogP contribution in [0.5, 0.6) is 5.75 Å². The Labute approximate surface area is 132 Å². The van der Waals surface area contributed by atoms with Gasteiger partial charge in [-0.05, 0) is 30.3 Å². The summed E-state index contributed by atoms with van der Waals surface area (Å²) in [6, 6.07) is 10.8. The molecule has 20 heavy (non-hydrogen) atoms. The summed E-state index contributed by atoms with van der Waals surface area (Å²) in [6.07, 6.45) is 0. The summed E-state index contributed by atoms with van der Waals surface area (Å²) >= 11 is 17.0. The summed E-state index contributed by atoms with van der Waals surface area (Å²) in [5.74, 6) is 0.600. The van der Waals surface area contributed by atoms with E-state index in [1.165, 1.54) is 0 Å². The first kappa shape index (κ1) is 14.9. The molecule has 0 aliphatic rings. The Morgan fingerprint density at radius 3 is 2.35 bits per heavy atom. The molecule has 0 saturated heterocycles. The smallest absolute Gasteiger partial charge is 0.139 e. The molecule has 0 fully saturated rings. The number of nitrogens with one attached hydrogen (secondary N) is 1. The number of anilines is 2. The van der Waals surface area contributed by atoms with E-state index in [4.69, 9.17) is 45.9 Å². The minimum atomic E-state index is 0.273. The molecule has 0 aliphatic heterocycles. The van der Waals surface area contributed by atoms with Gasteiger partial charge in [-0.15, -0.1) is 0 Å². The van der Waals surface area contributed by atoms with Gasteiger partial charge in [-0.25, -0.2) is 0 Å². The Bertz CT molecular complexity index is 662. The standard InChI is InChI=1S/C14H12Cl2N2OS/c1-19-13-7-9(3-5-11(13)15)18-8-2-4-10(14(17)20)12(16)6-8/h2-7,18H,1H3,(H2,17,20). The van der Waals surface area contributed by atoms with Crippen molar-refractivity contribution in [2.45, 2.75) is 0 Å². The second-order valence-electron chi connectivity index (χ2n) is 4.03. The Balaban J connectivity index is 2.26. The zero-order valence-corrected chi connectivity index (χ0v) is 12.9. The number of rotatable bonds is 4. The molecule has 2 aromatic carbocycles. The van der Waals surface area contributed by atoms with Gasteiger partial charge in [0.15, 0.2) is 0 Å². The molecule has 104 valence electrons. The molecule has 2 rings (SSSR count). The number of nitrogens with two attached hydrogens (primary N) is 1. The first-order valence-electron chi connectivity index (χ1n) is 5.71. The van der Waals surface area contributed by atoms with Crippen molar-refractivity contribution in [3.8, 4) is 5.75 Å². The van der Waals surface area contributed by atoms with E-state index in [0.29, 0.717) is 21.4 Å². The zero-order chi connectivity index (χ0) is 14.7. The Hall–Kier alpha value is -1.49. The highest BCUT2D eigenvalue weighted by Crippen LogP contribution is 2.30. The van der Waals surface area contributed by atoms with Gasteiger partial charge in [-0.2, -0.15) is 0 Å². The molecule has 0 aromatic heterocycles. The Morgan fingerprint density at radius 1 is 1.10 bits per heavy atom. The van der Waals surface area contributed by atoms with Gasteiger partial charge in [0.25, 0.3) is 0 Å². The molecule has 3 N–H and O–H groups in total. The summed E-state index contributed by atoms with van der Waals surface area (Å²) in [5.41, 5.74) is 7.88. The van der Waals surface area contributed by atoms with Crippen molar-refractivity contribution in [3.05, 3.63) is 52.0 Å². The highest BCUT2D eigenvalue weighted by Gasteiger charge is 2.06. The number of halogens is 2. The topological polar surface area (TPSA) is 47.3 Å². The lowest BCUT2D eigenvalue weighted by atomic mass is 10.2. The van der Waals surface area contributed by atoms with Crippen LogP contribution in [0.1, 0.15) is 5.56 Å². The van der Waals surface area contributed by atoms with Crippen LogP contribution in [0.3, 0.4) is 0 Å². The molecular formula is C14H12Cl2N2OS. The van der Waals surface area contributed by atoms with Crippen LogP contribution < -0.4 is 15.8 Å². The van der Waals surface area contributed by atoms with E-state index >= 15 is 0 Å². The SMILES string of the molecule is COc1cc(Nc2ccc(C(N)=S)c(Cl)c2)ccc1Cl. The van der Waals surface area contributed by atoms with Crippen molar-refractivity contribution < 1.29 is 4.74 Å². The Morgan fingerprint density at radius 2 is 1.75 bits per heavy atom. The molecule has 0 aliphatic carbocycles. The first-order chi connectivity index (χ1) is 9.51. The van der Waals surface area contributed by atoms with Crippen LogP contribution in [0.25, 0.3) is 0 Å². The lowest BCUT2D eigenvalue weighted by Gasteiger charge is -2.11. The minimum Gasteiger partial charge on any atom is -0.495 e. The van der Waals surface area contributed by atoms with Crippen molar-refractivity contribution in [1.82, 2.24) is 0 Å². The number of benzene rings is 2. The molecule has 0 bridgehead atoms. The van der Waals surface area contributed by atoms with Gasteiger partial charge in [-0.3, -0.25) is 0 Å². The Kier molecular flexibility index (Phi) is 4.70. The largest absolute Gasteiger partial charge is 0.495 e. The number of thiocarbonyl (C=S) groups is 1. The molecular weight excluding hydrogens is 315 g/mol. The summed E-state index contributed by atoms with van der Waals surface area (Å²) in [7, 11) is 1.57. The van der Waals surface area contributed by atoms with E-state index in [1.807, 2.05) is 12.1 Å². The third kappa shape index (κ3) is 3.33. The van der Waals surface area contributed by atoms with Crippen LogP contribution >= 0.6 is 35.4 Å². The van der Waals surface area contributed by atoms with Crippen molar-refractivity contribution in [2.24, 2.45) is 5.73 Å². The van der Waals surface area contributed by atoms with Gasteiger partial charge >= 0.3 is 0 Å². The van der Waals surface area contributed by atoms with Crippen LogP contribution in [0.2, 0.25) is 10.0 Å². The van der Waals surface area contributed by atoms with Crippen LogP contribution in [0, 0.1) is 0 Å². The fourth-order valence-electron chi connectivity index (χ4n) is 1.70. The fraction of sp³-hybridized carbons (Fsp3) is 0.0714. The molecule has 6 heteroatoms. The molecule has 0 atom stereocenters. The maximum absolute atomic E-state index is 6.12. The molecule has 0 radical (unpaired) electrons. The van der Waals surface area contributed by atoms with E-state index in [1.54, 1.807) is 31.4 Å². The maximum atomic E-state index is 6.12. The van der Waals surface area contributed by atoms with Gasteiger partial charge in [0.2, 0.25) is 0 Å². The van der Waals surface area contributed by atoms with Crippen molar-refractivity contribution in [3.63, 3.8) is 0 Å². The van der Waals surface area contributed by atoms with Crippen LogP contribution in [0.4, 0.5) is 11.4 Å². The molecule has 2 aromatic rings. The lowest BCUT2D eigenvalue weighted by Crippen LogP contribution is -2.09. The molecule has 0 amide bonds. The van der Waals surface area contributed by atoms with Crippen molar-refractivity contribution in [2.75, 3.05) is 12.4 Å². The van der Waals surface area contributed by atoms with E-state index in [-0.39, 0.29) is 4.99 Å². The van der Waals surface area contributed by atoms with Gasteiger partial charge in [-0.1, -0.05) is 35.4 Å². The average molecular weight is 327 g/mol. The van der Waals surface area contributed by atoms with Crippen LogP contribution in [0.15, 0.2) is 36.4 Å². The third-order valence-electron chi connectivity index (χ3n) is 2.67. The van der Waals surface area contributed by atoms with Crippen molar-refractivity contribution >= 4 is 51.8 Å². The average Bonchev–Trinajstić information content (AvgIpc) is 2.40. The molecule has 0 heterocycles. The highest BCUT2D eigenvalue weighted by atomic mass is 35.5. The number of hydrogen-bond acceptors (Lipinski definition) is 3. The highest BCUT2D eigenvalue weighted by molar-refractivity contribution is 7.80. The normalized spacial score (nSPS) is 10.2. The van der Waals surface area contributed by atoms with E-state index < -0.39 is 0 Å². The number of hydrogen-bond donors (Lipinski definition) is 2. The quantitative estimate of drug-likeness (QED) is 0.818. The first-order valence-corrected chi connectivity index (χ1v) is 6.87. The van der Waals surface area contributed by atoms with E-state index in [9.17, 15) is 0 Å². The fourth-order valence-corrected chi connectivity index (χ4v) is 2.41. The predicted octanol–water partition coefficient (Wildman–Crippen LogP) is 4.38. The lowest BCUT2D eigenvalue weighted by molar-refractivity contribution is 0.415. The maximum Gasteiger partial charge on any atom is 0.139 e. The minimum absolute atomic E-state index is 0.273. The molecule has 3 nitrogen and oxygen atoms in total. The predicted molar refractivity (Wildman–Crippen MR) is 88.6 cm³/mol. The van der Waals surface area contributed by atoms with E-state index in [0.717, 1.165) is 11.4 Å². The van der Waals surface area contributed by atoms with Crippen LogP contribution in [-0.2, 0) is 0 Å². The van der Waals surface area contributed by atoms with E-state index in [2.05, 4.69) is 5.32 Å². The second-order valence-corrected chi connectivity index (χ2v) is 5.29. The number of ether oxygens (including phenoxy) is 1. The van der Waals surface area contributed by atoms with Gasteiger partial charge in [0, 0.05) is 23.0 Å². The summed E-state index contributed by atoms with van der Waals surface area (Å²) < 4.78 is 5.17. The second kappa shape index (κ2) is 6.31. The zero-order valence-electron chi connectivity index (χ0n) is 10.6. The van der Waals surface area contributed by atoms with Gasteiger partial charge < -0.3 is 15.8 Å². The van der Waals surface area contributed by atoms with Crippen molar-refractivity contribution in [1.29, 1.82) is 0 Å². The summed E-state index contributed by atoms with van der Waals surface area (Å²) in [6.45, 7) is 0. The van der Waals surface area contributed by atoms with Gasteiger partial charge in [0.05, 0.1) is 17.2 Å². The third-order valence-corrected chi connectivity index (χ3v) is 3.52. The number of methoxy groups -OCH3 is 1. The van der Waals surface area contributed by atoms with Crippen LogP contribution in [-0.4, -0.2) is 12.1 Å². The molecule has 0 spiro atoms. The summed E-state index contributed by atoms with van der Waals surface area (Å²) in [5, 5.41) is 4.26. The molecule has 0 unspecified atom stereocenters. The summed E-state index contributed by atoms with van der Waals surface area (Å²) in [4.78, 5) is 0.273.